The first-order valence-electron chi connectivity index (χ1n) is 7.92. The molecule has 6 heteroatoms. The largest absolute Gasteiger partial charge is 0.394 e. The van der Waals surface area contributed by atoms with Crippen molar-refractivity contribution in [3.63, 3.8) is 0 Å². The lowest BCUT2D eigenvalue weighted by Gasteiger charge is -2.21. The van der Waals surface area contributed by atoms with Gasteiger partial charge in [-0.1, -0.05) is 35.0 Å². The highest BCUT2D eigenvalue weighted by Crippen LogP contribution is 2.42. The van der Waals surface area contributed by atoms with Crippen LogP contribution in [0.2, 0.25) is 0 Å². The molecule has 1 saturated heterocycles. The lowest BCUT2D eigenvalue weighted by atomic mass is 9.79. The number of carbonyl (C=O) groups excluding carboxylic acids is 2. The van der Waals surface area contributed by atoms with E-state index in [-0.39, 0.29) is 30.7 Å². The molecule has 0 saturated carbocycles. The number of imide groups is 1. The molecule has 0 N–H and O–H groups in total. The number of halogens is 1. The molecule has 1 spiro atoms. The standard InChI is InChI=1S/C19H15FN2O3/c1-12-2-8-15(9-3-12)22-16(23)10-19(18(22)24)11-25-21-17(19)13-4-6-14(20)7-5-13/h2-9H,10-11H2,1H3/t19-/m1/s1. The third kappa shape index (κ3) is 2.33. The number of amides is 2. The fourth-order valence-corrected chi connectivity index (χ4v) is 3.29. The maximum atomic E-state index is 13.2. The highest BCUT2D eigenvalue weighted by molar-refractivity contribution is 6.33. The quantitative estimate of drug-likeness (QED) is 0.791. The van der Waals surface area contributed by atoms with Crippen LogP contribution in [0.25, 0.3) is 0 Å². The SMILES string of the molecule is Cc1ccc(N2C(=O)C[C@]3(CON=C3c3ccc(F)cc3)C2=O)cc1. The van der Waals surface area contributed by atoms with Crippen LogP contribution in [-0.2, 0) is 14.4 Å². The van der Waals surface area contributed by atoms with Gasteiger partial charge in [0.2, 0.25) is 11.8 Å². The highest BCUT2D eigenvalue weighted by atomic mass is 19.1. The van der Waals surface area contributed by atoms with Crippen LogP contribution in [0.1, 0.15) is 17.5 Å². The molecule has 0 unspecified atom stereocenters. The molecule has 2 heterocycles. The first-order chi connectivity index (χ1) is 12.0. The third-order valence-electron chi connectivity index (χ3n) is 4.64. The molecule has 2 aliphatic rings. The summed E-state index contributed by atoms with van der Waals surface area (Å²) in [7, 11) is 0. The number of benzene rings is 2. The monoisotopic (exact) mass is 338 g/mol. The maximum absolute atomic E-state index is 13.2. The van der Waals surface area contributed by atoms with E-state index in [0.717, 1.165) is 5.56 Å². The molecule has 4 rings (SSSR count). The predicted octanol–water partition coefficient (Wildman–Crippen LogP) is 2.82. The third-order valence-corrected chi connectivity index (χ3v) is 4.64. The van der Waals surface area contributed by atoms with Crippen LogP contribution in [0.5, 0.6) is 0 Å². The van der Waals surface area contributed by atoms with E-state index < -0.39 is 5.41 Å². The number of nitrogens with zero attached hydrogens (tertiary/aromatic N) is 2. The summed E-state index contributed by atoms with van der Waals surface area (Å²) in [5, 5.41) is 3.99. The molecule has 0 aromatic heterocycles. The molecule has 0 bridgehead atoms. The molecule has 25 heavy (non-hydrogen) atoms. The summed E-state index contributed by atoms with van der Waals surface area (Å²) in [4.78, 5) is 32.1. The van der Waals surface area contributed by atoms with Gasteiger partial charge in [-0.3, -0.25) is 9.59 Å². The van der Waals surface area contributed by atoms with Crippen LogP contribution >= 0.6 is 0 Å². The molecule has 0 radical (unpaired) electrons. The van der Waals surface area contributed by atoms with Gasteiger partial charge in [-0.25, -0.2) is 9.29 Å². The molecule has 126 valence electrons. The smallest absolute Gasteiger partial charge is 0.250 e. The van der Waals surface area contributed by atoms with E-state index in [1.165, 1.54) is 29.2 Å². The lowest BCUT2D eigenvalue weighted by Crippen LogP contribution is -2.41. The van der Waals surface area contributed by atoms with E-state index in [2.05, 4.69) is 5.16 Å². The summed E-state index contributed by atoms with van der Waals surface area (Å²) in [6.45, 7) is 1.94. The van der Waals surface area contributed by atoms with Crippen LogP contribution in [-0.4, -0.2) is 24.1 Å². The van der Waals surface area contributed by atoms with Gasteiger partial charge in [-0.15, -0.1) is 0 Å². The van der Waals surface area contributed by atoms with Crippen LogP contribution < -0.4 is 4.90 Å². The molecular weight excluding hydrogens is 323 g/mol. The van der Waals surface area contributed by atoms with Gasteiger partial charge in [0, 0.05) is 5.56 Å². The van der Waals surface area contributed by atoms with Gasteiger partial charge in [-0.2, -0.15) is 0 Å². The zero-order chi connectivity index (χ0) is 17.6. The highest BCUT2D eigenvalue weighted by Gasteiger charge is 2.59. The molecule has 2 aromatic rings. The Bertz CT molecular complexity index is 890. The first-order valence-corrected chi connectivity index (χ1v) is 7.92. The Morgan fingerprint density at radius 3 is 2.44 bits per heavy atom. The fourth-order valence-electron chi connectivity index (χ4n) is 3.29. The van der Waals surface area contributed by atoms with Crippen molar-refractivity contribution in [2.45, 2.75) is 13.3 Å². The summed E-state index contributed by atoms with van der Waals surface area (Å²) >= 11 is 0. The Morgan fingerprint density at radius 1 is 1.08 bits per heavy atom. The van der Waals surface area contributed by atoms with Crippen LogP contribution in [0.15, 0.2) is 53.7 Å². The number of rotatable bonds is 2. The molecule has 1 atom stereocenters. The summed E-state index contributed by atoms with van der Waals surface area (Å²) in [5.41, 5.74) is 1.37. The summed E-state index contributed by atoms with van der Waals surface area (Å²) in [6.07, 6.45) is -0.0179. The van der Waals surface area contributed by atoms with Crippen molar-refractivity contribution in [2.24, 2.45) is 10.6 Å². The minimum absolute atomic E-state index is 0.00659. The van der Waals surface area contributed by atoms with Crippen molar-refractivity contribution in [1.29, 1.82) is 0 Å². The normalized spacial score (nSPS) is 22.5. The zero-order valence-electron chi connectivity index (χ0n) is 13.5. The van der Waals surface area contributed by atoms with E-state index in [4.69, 9.17) is 4.84 Å². The minimum atomic E-state index is -1.15. The van der Waals surface area contributed by atoms with Gasteiger partial charge < -0.3 is 4.84 Å². The Kier molecular flexibility index (Phi) is 3.42. The Hall–Kier alpha value is -3.02. The Balaban J connectivity index is 1.74. The van der Waals surface area contributed by atoms with Crippen molar-refractivity contribution in [2.75, 3.05) is 11.5 Å². The first kappa shape index (κ1) is 15.5. The fraction of sp³-hybridized carbons (Fsp3) is 0.211. The van der Waals surface area contributed by atoms with Gasteiger partial charge in [0.25, 0.3) is 0 Å². The number of aryl methyl sites for hydroxylation is 1. The van der Waals surface area contributed by atoms with E-state index in [1.54, 1.807) is 12.1 Å². The second-order valence-corrected chi connectivity index (χ2v) is 6.35. The Labute approximate surface area is 143 Å². The Morgan fingerprint density at radius 2 is 1.76 bits per heavy atom. The number of carbonyl (C=O) groups is 2. The van der Waals surface area contributed by atoms with Gasteiger partial charge in [-0.05, 0) is 31.2 Å². The van der Waals surface area contributed by atoms with Gasteiger partial charge in [0.1, 0.15) is 23.6 Å². The average Bonchev–Trinajstić information content (AvgIpc) is 3.12. The number of hydrogen-bond donors (Lipinski definition) is 0. The predicted molar refractivity (Wildman–Crippen MR) is 89.6 cm³/mol. The second kappa shape index (κ2) is 5.51. The van der Waals surface area contributed by atoms with E-state index >= 15 is 0 Å². The van der Waals surface area contributed by atoms with Crippen molar-refractivity contribution in [1.82, 2.24) is 0 Å². The van der Waals surface area contributed by atoms with Crippen LogP contribution in [0, 0.1) is 18.2 Å². The van der Waals surface area contributed by atoms with Crippen LogP contribution in [0.3, 0.4) is 0 Å². The molecule has 2 amide bonds. The second-order valence-electron chi connectivity index (χ2n) is 6.35. The van der Waals surface area contributed by atoms with Gasteiger partial charge in [0.15, 0.2) is 0 Å². The zero-order valence-corrected chi connectivity index (χ0v) is 13.5. The molecule has 2 aromatic carbocycles. The van der Waals surface area contributed by atoms with Gasteiger partial charge in [0.05, 0.1) is 12.1 Å². The van der Waals surface area contributed by atoms with Crippen molar-refractivity contribution in [3.05, 3.63) is 65.5 Å². The molecule has 5 nitrogen and oxygen atoms in total. The summed E-state index contributed by atoms with van der Waals surface area (Å²) in [6, 6.07) is 12.9. The number of hydrogen-bond acceptors (Lipinski definition) is 4. The molecule has 2 aliphatic heterocycles. The summed E-state index contributed by atoms with van der Waals surface area (Å²) < 4.78 is 13.2. The summed E-state index contributed by atoms with van der Waals surface area (Å²) in [5.74, 6) is -1.04. The van der Waals surface area contributed by atoms with Crippen molar-refractivity contribution >= 4 is 23.2 Å². The van der Waals surface area contributed by atoms with E-state index in [0.29, 0.717) is 17.0 Å². The lowest BCUT2D eigenvalue weighted by molar-refractivity contribution is -0.124. The average molecular weight is 338 g/mol. The van der Waals surface area contributed by atoms with Gasteiger partial charge >= 0.3 is 0 Å². The number of anilines is 1. The molecular formula is C19H15FN2O3. The molecule has 1 fully saturated rings. The molecule has 0 aliphatic carbocycles. The maximum Gasteiger partial charge on any atom is 0.250 e. The minimum Gasteiger partial charge on any atom is -0.394 e. The van der Waals surface area contributed by atoms with Crippen molar-refractivity contribution in [3.8, 4) is 0 Å². The van der Waals surface area contributed by atoms with E-state index in [9.17, 15) is 14.0 Å². The topological polar surface area (TPSA) is 59.0 Å². The van der Waals surface area contributed by atoms with Crippen LogP contribution in [0.4, 0.5) is 10.1 Å². The van der Waals surface area contributed by atoms with E-state index in [1.807, 2.05) is 19.1 Å². The number of oxime groups is 1. The van der Waals surface area contributed by atoms with Crippen molar-refractivity contribution < 1.29 is 18.8 Å².